The number of nitrogens with two attached hydrogens (primary N) is 3. The van der Waals surface area contributed by atoms with Crippen LogP contribution < -0.4 is 56.8 Å². The summed E-state index contributed by atoms with van der Waals surface area (Å²) in [5, 5.41) is 33.4. The molecule has 0 radical (unpaired) electrons. The standard InChI is InChI=1S/C20H14Cl2FNO3S.C20H14Cl2N2O5S.C19H15NO4S.C15H15NO4S.C14H12ClNO2S.C14H14FNO3S/c1-2-27-20(26)17-15(11-3-5-12(21)6-4-11)10-28-19(17)24-18(25)14-9-13(23)7-8-16(14)22;1-2-29-20(26)17-15(11-3-5-12(21)6-4-11)10-30-19(17)23-18(25)14-9-13(24(27)28)7-8-16(14)22;20-18-17(19(21)22-9-12-4-2-1-3-5-12)14(10-25-18)13-6-7-15-16(8-13)24-11-23-15;1-8(2)20-15(17)13-10(6-21-14(13)16)9-3-4-11-12(5-9)19-7-18-11;1-8(17)14-13(16-9(2)18)12(7-19-14)10-3-5-11(15)6-4-10;1-3-19-14(17)12-9(7-20-13(12)16)8-4-5-11(18-2)10(15)6-8/h3-10H,2H2,1H3,(H,24,25);3-10H,2H2,1H3,(H,23,25);1-8,10H,9,11,20H2;3-6,8H,7,16H2,1-2H3;3-7H,1-2H3,(H,16,18);4-7H,3,16H2,1-2H3. The number of nitrogen functional groups attached to an aromatic ring is 3. The van der Waals surface area contributed by atoms with Crippen molar-refractivity contribution < 1.29 is 104 Å². The third-order valence-electron chi connectivity index (χ3n) is 20.2. The number of ether oxygens (including phenoxy) is 10. The topological polar surface area (TPSA) is 403 Å². The number of nitro benzene ring substituents is 1. The number of rotatable bonds is 25. The number of benzene rings is 9. The third kappa shape index (κ3) is 27.5. The number of carbonyl (C=O) groups is 9. The molecule has 8 heterocycles. The Labute approximate surface area is 866 Å². The number of halogens is 7. The Morgan fingerprint density at radius 2 is 0.818 bits per heavy atom. The average molecular weight is 2150 g/mol. The Morgan fingerprint density at radius 1 is 0.434 bits per heavy atom. The van der Waals surface area contributed by atoms with E-state index >= 15 is 0 Å². The van der Waals surface area contributed by atoms with Crippen LogP contribution in [0.15, 0.2) is 226 Å². The van der Waals surface area contributed by atoms with Gasteiger partial charge in [-0.25, -0.2) is 32.8 Å². The second-order valence-corrected chi connectivity index (χ2v) is 37.6. The van der Waals surface area contributed by atoms with Gasteiger partial charge in [-0.1, -0.05) is 143 Å². The number of non-ortho nitro benzene ring substituents is 1. The molecule has 143 heavy (non-hydrogen) atoms. The van der Waals surface area contributed by atoms with Crippen LogP contribution in [0.5, 0.6) is 28.7 Å². The summed E-state index contributed by atoms with van der Waals surface area (Å²) < 4.78 is 79.5. The van der Waals surface area contributed by atoms with Crippen LogP contribution in [0.1, 0.15) is 136 Å². The van der Waals surface area contributed by atoms with Crippen molar-refractivity contribution in [3.8, 4) is 95.5 Å². The lowest BCUT2D eigenvalue weighted by molar-refractivity contribution is -0.384. The summed E-state index contributed by atoms with van der Waals surface area (Å²) in [6, 6.07) is 53.2. The Bertz CT molecular complexity index is 7220. The van der Waals surface area contributed by atoms with E-state index in [-0.39, 0.29) is 117 Å². The van der Waals surface area contributed by atoms with Crippen LogP contribution >= 0.6 is 126 Å². The van der Waals surface area contributed by atoms with Gasteiger partial charge in [0.25, 0.3) is 17.5 Å². The summed E-state index contributed by atoms with van der Waals surface area (Å²) in [7, 11) is 1.39. The molecule has 2 aliphatic rings. The Balaban J connectivity index is 0.000000154. The van der Waals surface area contributed by atoms with Gasteiger partial charge in [0, 0.05) is 107 Å². The van der Waals surface area contributed by atoms with Gasteiger partial charge in [0.15, 0.2) is 40.3 Å². The van der Waals surface area contributed by atoms with Gasteiger partial charge >= 0.3 is 29.8 Å². The first-order valence-electron chi connectivity index (χ1n) is 42.7. The van der Waals surface area contributed by atoms with Gasteiger partial charge in [-0.3, -0.25) is 29.3 Å². The molecule has 9 N–H and O–H groups in total. The van der Waals surface area contributed by atoms with E-state index in [4.69, 9.17) is 123 Å². The van der Waals surface area contributed by atoms with Crippen molar-refractivity contribution in [2.75, 3.05) is 73.7 Å². The van der Waals surface area contributed by atoms with Crippen molar-refractivity contribution in [3.63, 3.8) is 0 Å². The van der Waals surface area contributed by atoms with Gasteiger partial charge in [-0.15, -0.1) is 68.0 Å². The van der Waals surface area contributed by atoms with Crippen molar-refractivity contribution in [1.82, 2.24) is 0 Å². The van der Waals surface area contributed by atoms with Crippen molar-refractivity contribution in [2.45, 2.75) is 61.2 Å². The fraction of sp³-hybridized carbons (Fsp3) is 0.147. The number of Topliss-reactive ketones (excluding diaryl/α,β-unsaturated/α-hetero) is 1. The smallest absolute Gasteiger partial charge is 0.342 e. The van der Waals surface area contributed by atoms with Crippen molar-refractivity contribution in [2.24, 2.45) is 0 Å². The van der Waals surface area contributed by atoms with E-state index in [2.05, 4.69) is 16.0 Å². The minimum Gasteiger partial charge on any atom is -0.494 e. The Kier molecular flexibility index (Phi) is 37.9. The van der Waals surface area contributed by atoms with Gasteiger partial charge in [0.2, 0.25) is 19.5 Å². The summed E-state index contributed by atoms with van der Waals surface area (Å²) >= 11 is 37.2. The molecule has 2 aliphatic heterocycles. The van der Waals surface area contributed by atoms with Crippen molar-refractivity contribution in [1.29, 1.82) is 0 Å². The molecule has 3 amide bonds. The van der Waals surface area contributed by atoms with E-state index in [1.165, 1.54) is 96.6 Å². The quantitative estimate of drug-likeness (QED) is 0.0102. The number of hydrogen-bond donors (Lipinski definition) is 6. The monoisotopic (exact) mass is 2150 g/mol. The zero-order valence-corrected chi connectivity index (χ0v) is 85.3. The highest BCUT2D eigenvalue weighted by molar-refractivity contribution is 7.16. The van der Waals surface area contributed by atoms with Crippen LogP contribution in [-0.2, 0) is 35.1 Å². The number of nitrogens with zero attached hydrogens (tertiary/aromatic N) is 1. The average Bonchev–Trinajstić information content (AvgIpc) is 1.66. The summed E-state index contributed by atoms with van der Waals surface area (Å²) in [6.45, 7) is 12.8. The molecule has 0 unspecified atom stereocenters. The third-order valence-corrected chi connectivity index (χ3v) is 26.9. The highest BCUT2D eigenvalue weighted by Crippen LogP contribution is 2.46. The molecule has 15 aromatic rings. The van der Waals surface area contributed by atoms with Crippen molar-refractivity contribution in [3.05, 3.63) is 323 Å². The van der Waals surface area contributed by atoms with Gasteiger partial charge < -0.3 is 80.5 Å². The minimum atomic E-state index is -0.682. The fourth-order valence-corrected chi connectivity index (χ4v) is 19.6. The van der Waals surface area contributed by atoms with Crippen LogP contribution in [0, 0.1) is 21.7 Å². The zero-order chi connectivity index (χ0) is 103. The molecular weight excluding hydrogens is 2070 g/mol. The Hall–Kier alpha value is -14.3. The first-order valence-corrected chi connectivity index (χ1v) is 49.8. The van der Waals surface area contributed by atoms with Crippen molar-refractivity contribution >= 4 is 216 Å². The normalized spacial score (nSPS) is 11.1. The number of thiophene rings is 6. The summed E-state index contributed by atoms with van der Waals surface area (Å²) in [6.07, 6.45) is -0.193. The molecule has 9 aromatic carbocycles. The second kappa shape index (κ2) is 50.4. The number of amides is 3. The van der Waals surface area contributed by atoms with Crippen LogP contribution in [0.25, 0.3) is 66.8 Å². The number of nitro groups is 1. The van der Waals surface area contributed by atoms with E-state index in [9.17, 15) is 62.0 Å². The van der Waals surface area contributed by atoms with Gasteiger partial charge in [0.05, 0.1) is 69.7 Å². The predicted molar refractivity (Wildman–Crippen MR) is 559 cm³/mol. The van der Waals surface area contributed by atoms with E-state index in [1.807, 2.05) is 95.0 Å². The molecule has 0 atom stereocenters. The number of anilines is 6. The summed E-state index contributed by atoms with van der Waals surface area (Å²) in [4.78, 5) is 121. The number of fused-ring (bicyclic) bond motifs is 2. The molecule has 0 saturated carbocycles. The molecule has 41 heteroatoms. The first kappa shape index (κ1) is 108. The predicted octanol–water partition coefficient (Wildman–Crippen LogP) is 27.3. The number of methoxy groups -OCH3 is 1. The SMILES string of the molecule is CC(=O)Nc1c(-c2ccc(Cl)cc2)csc1C(C)=O.CC(C)OC(=O)c1c(-c2ccc3c(c2)OCO3)csc1N.CCOC(=O)c1c(-c2ccc(Cl)cc2)csc1NC(=O)c1cc(F)ccc1Cl.CCOC(=O)c1c(-c2ccc(Cl)cc2)csc1NC(=O)c1cc([N+](=O)[O-])ccc1Cl.CCOC(=O)c1c(-c2ccc(OC)c(F)c2)csc1N.Nc1scc(-c2ccc3c(c2)OCO3)c1C(=O)OCc1ccccc1. The highest BCUT2D eigenvalue weighted by atomic mass is 35.5. The molecule has 0 saturated heterocycles. The molecule has 0 fully saturated rings. The zero-order valence-electron chi connectivity index (χ0n) is 76.6. The van der Waals surface area contributed by atoms with E-state index in [0.717, 1.165) is 85.4 Å². The minimum absolute atomic E-state index is 0.0297. The molecule has 0 spiro atoms. The number of ketones is 1. The van der Waals surface area contributed by atoms with E-state index in [1.54, 1.807) is 117 Å². The largest absolute Gasteiger partial charge is 0.494 e. The van der Waals surface area contributed by atoms with Crippen LogP contribution in [0.3, 0.4) is 0 Å². The van der Waals surface area contributed by atoms with E-state index in [0.29, 0.717) is 103 Å². The number of esters is 5. The molecule has 28 nitrogen and oxygen atoms in total. The van der Waals surface area contributed by atoms with Gasteiger partial charge in [-0.05, 0) is 171 Å². The lowest BCUT2D eigenvalue weighted by atomic mass is 10.0. The molecule has 6 aromatic heterocycles. The Morgan fingerprint density at radius 3 is 1.24 bits per heavy atom. The van der Waals surface area contributed by atoms with Crippen LogP contribution in [-0.4, -0.2) is 105 Å². The number of carbonyl (C=O) groups excluding carboxylic acids is 9. The maximum Gasteiger partial charge on any atom is 0.342 e. The maximum absolute atomic E-state index is 13.8. The fourth-order valence-electron chi connectivity index (χ4n) is 13.6. The number of nitrogens with one attached hydrogen (secondary N) is 3. The number of hydrogen-bond acceptors (Lipinski definition) is 30. The molecule has 738 valence electrons. The van der Waals surface area contributed by atoms with Crippen LogP contribution in [0.4, 0.5) is 45.2 Å². The molecule has 0 aliphatic carbocycles. The van der Waals surface area contributed by atoms with Crippen LogP contribution in [0.2, 0.25) is 25.1 Å². The van der Waals surface area contributed by atoms with Gasteiger partial charge in [-0.2, -0.15) is 0 Å². The maximum atomic E-state index is 13.8. The summed E-state index contributed by atoms with van der Waals surface area (Å²) in [5.74, 6) is -2.31. The second-order valence-electron chi connectivity index (χ2n) is 30.1. The first-order chi connectivity index (χ1) is 68.6. The lowest BCUT2D eigenvalue weighted by Crippen LogP contribution is -2.15. The van der Waals surface area contributed by atoms with Gasteiger partial charge in [0.1, 0.15) is 65.2 Å². The highest BCUT2D eigenvalue weighted by Gasteiger charge is 2.31. The van der Waals surface area contributed by atoms with E-state index < -0.39 is 58.2 Å². The lowest BCUT2D eigenvalue weighted by Gasteiger charge is -2.10. The summed E-state index contributed by atoms with van der Waals surface area (Å²) in [5.41, 5.74) is 29.0. The molecule has 0 bridgehead atoms. The molecular formula is C102H84Cl5F2N7O21S6. The molecule has 17 rings (SSSR count).